The zero-order valence-corrected chi connectivity index (χ0v) is 15.2. The SMILES string of the molecule is CCc1ccccc1-n1nc(C(=O)O)c(N2CC[C@H](c3ccccc3)C2)n1. The molecule has 1 aliphatic heterocycles. The van der Waals surface area contributed by atoms with Gasteiger partial charge < -0.3 is 10.0 Å². The highest BCUT2D eigenvalue weighted by molar-refractivity contribution is 5.91. The number of benzene rings is 2. The Hall–Kier alpha value is -3.15. The summed E-state index contributed by atoms with van der Waals surface area (Å²) < 4.78 is 0. The van der Waals surface area contributed by atoms with Crippen molar-refractivity contribution in [1.82, 2.24) is 15.0 Å². The molecule has 6 nitrogen and oxygen atoms in total. The fourth-order valence-electron chi connectivity index (χ4n) is 3.71. The molecule has 0 spiro atoms. The highest BCUT2D eigenvalue weighted by Gasteiger charge is 2.30. The molecule has 27 heavy (non-hydrogen) atoms. The number of aromatic carboxylic acids is 1. The monoisotopic (exact) mass is 362 g/mol. The summed E-state index contributed by atoms with van der Waals surface area (Å²) in [5, 5.41) is 18.5. The molecule has 0 unspecified atom stereocenters. The van der Waals surface area contributed by atoms with Gasteiger partial charge in [-0.1, -0.05) is 55.5 Å². The molecule has 2 aromatic carbocycles. The third-order valence-electron chi connectivity index (χ3n) is 5.15. The van der Waals surface area contributed by atoms with Gasteiger partial charge in [0, 0.05) is 19.0 Å². The topological polar surface area (TPSA) is 71.2 Å². The van der Waals surface area contributed by atoms with E-state index in [-0.39, 0.29) is 5.69 Å². The van der Waals surface area contributed by atoms with Crippen molar-refractivity contribution in [3.8, 4) is 5.69 Å². The van der Waals surface area contributed by atoms with E-state index in [1.54, 1.807) is 0 Å². The van der Waals surface area contributed by atoms with Crippen LogP contribution in [0, 0.1) is 0 Å². The molecular weight excluding hydrogens is 340 g/mol. The second kappa shape index (κ2) is 7.23. The van der Waals surface area contributed by atoms with Crippen molar-refractivity contribution in [2.45, 2.75) is 25.7 Å². The number of anilines is 1. The number of aryl methyl sites for hydroxylation is 1. The number of hydrogen-bond acceptors (Lipinski definition) is 4. The predicted octanol–water partition coefficient (Wildman–Crippen LogP) is 3.52. The Balaban J connectivity index is 1.67. The maximum atomic E-state index is 11.8. The van der Waals surface area contributed by atoms with Crippen molar-refractivity contribution in [2.75, 3.05) is 18.0 Å². The largest absolute Gasteiger partial charge is 0.476 e. The lowest BCUT2D eigenvalue weighted by atomic mass is 9.99. The minimum atomic E-state index is -1.05. The van der Waals surface area contributed by atoms with Crippen LogP contribution in [0.4, 0.5) is 5.82 Å². The quantitative estimate of drug-likeness (QED) is 0.752. The lowest BCUT2D eigenvalue weighted by Crippen LogP contribution is -2.22. The van der Waals surface area contributed by atoms with Crippen molar-refractivity contribution >= 4 is 11.8 Å². The van der Waals surface area contributed by atoms with Crippen LogP contribution in [0.2, 0.25) is 0 Å². The number of carboxylic acids is 1. The Kier molecular flexibility index (Phi) is 4.62. The van der Waals surface area contributed by atoms with E-state index in [1.165, 1.54) is 10.4 Å². The van der Waals surface area contributed by atoms with Crippen LogP contribution >= 0.6 is 0 Å². The van der Waals surface area contributed by atoms with Crippen molar-refractivity contribution in [2.24, 2.45) is 0 Å². The summed E-state index contributed by atoms with van der Waals surface area (Å²) in [6.45, 7) is 3.58. The van der Waals surface area contributed by atoms with E-state index in [4.69, 9.17) is 0 Å². The highest BCUT2D eigenvalue weighted by Crippen LogP contribution is 2.31. The van der Waals surface area contributed by atoms with E-state index in [9.17, 15) is 9.90 Å². The fraction of sp³-hybridized carbons (Fsp3) is 0.286. The molecule has 0 radical (unpaired) electrons. The third kappa shape index (κ3) is 3.30. The summed E-state index contributed by atoms with van der Waals surface area (Å²) in [6, 6.07) is 18.2. The molecule has 4 rings (SSSR count). The van der Waals surface area contributed by atoms with Gasteiger partial charge in [-0.15, -0.1) is 15.0 Å². The van der Waals surface area contributed by atoms with Gasteiger partial charge >= 0.3 is 5.97 Å². The van der Waals surface area contributed by atoms with Crippen LogP contribution in [0.1, 0.15) is 40.9 Å². The molecule has 1 aromatic heterocycles. The molecule has 1 saturated heterocycles. The first-order chi connectivity index (χ1) is 13.2. The minimum absolute atomic E-state index is 0.00891. The van der Waals surface area contributed by atoms with Gasteiger partial charge in [0.25, 0.3) is 0 Å². The van der Waals surface area contributed by atoms with E-state index in [2.05, 4.69) is 29.3 Å². The molecule has 1 N–H and O–H groups in total. The van der Waals surface area contributed by atoms with E-state index in [0.29, 0.717) is 11.7 Å². The van der Waals surface area contributed by atoms with Gasteiger partial charge in [-0.25, -0.2) is 4.79 Å². The Morgan fingerprint density at radius 2 is 1.85 bits per heavy atom. The molecule has 1 fully saturated rings. The third-order valence-corrected chi connectivity index (χ3v) is 5.15. The summed E-state index contributed by atoms with van der Waals surface area (Å²) in [7, 11) is 0. The number of hydrogen-bond donors (Lipinski definition) is 1. The van der Waals surface area contributed by atoms with E-state index in [0.717, 1.165) is 37.2 Å². The maximum absolute atomic E-state index is 11.8. The van der Waals surface area contributed by atoms with Crippen molar-refractivity contribution in [3.05, 3.63) is 71.4 Å². The van der Waals surface area contributed by atoms with Crippen molar-refractivity contribution < 1.29 is 9.90 Å². The van der Waals surface area contributed by atoms with Crippen LogP contribution in [0.15, 0.2) is 54.6 Å². The van der Waals surface area contributed by atoms with E-state index < -0.39 is 5.97 Å². The van der Waals surface area contributed by atoms with Gasteiger partial charge in [0.2, 0.25) is 5.69 Å². The van der Waals surface area contributed by atoms with Gasteiger partial charge in [-0.2, -0.15) is 0 Å². The zero-order chi connectivity index (χ0) is 18.8. The number of carbonyl (C=O) groups is 1. The second-order valence-electron chi connectivity index (χ2n) is 6.79. The molecule has 2 heterocycles. The van der Waals surface area contributed by atoms with Crippen LogP contribution in [0.5, 0.6) is 0 Å². The Morgan fingerprint density at radius 1 is 1.11 bits per heavy atom. The number of aromatic nitrogens is 3. The lowest BCUT2D eigenvalue weighted by molar-refractivity contribution is 0.0690. The van der Waals surface area contributed by atoms with Crippen LogP contribution in [0.25, 0.3) is 5.69 Å². The van der Waals surface area contributed by atoms with Gasteiger partial charge in [0.15, 0.2) is 5.82 Å². The Morgan fingerprint density at radius 3 is 2.59 bits per heavy atom. The Bertz CT molecular complexity index is 952. The average molecular weight is 362 g/mol. The molecule has 0 saturated carbocycles. The first kappa shape index (κ1) is 17.3. The maximum Gasteiger partial charge on any atom is 0.360 e. The number of nitrogens with zero attached hydrogens (tertiary/aromatic N) is 4. The van der Waals surface area contributed by atoms with Crippen molar-refractivity contribution in [3.63, 3.8) is 0 Å². The van der Waals surface area contributed by atoms with E-state index >= 15 is 0 Å². The van der Waals surface area contributed by atoms with Crippen LogP contribution < -0.4 is 4.90 Å². The predicted molar refractivity (Wildman–Crippen MR) is 104 cm³/mol. The number of rotatable bonds is 5. The Labute approximate surface area is 158 Å². The van der Waals surface area contributed by atoms with Gasteiger partial charge in [0.1, 0.15) is 0 Å². The average Bonchev–Trinajstić information content (AvgIpc) is 3.36. The zero-order valence-electron chi connectivity index (χ0n) is 15.2. The standard InChI is InChI=1S/C21H22N4O2/c1-2-15-8-6-7-11-18(15)25-22-19(21(26)27)20(23-25)24-13-12-17(14-24)16-9-4-3-5-10-16/h3-11,17H,2,12-14H2,1H3,(H,26,27)/t17-/m0/s1. The summed E-state index contributed by atoms with van der Waals surface area (Å²) in [6.07, 6.45) is 1.80. The summed E-state index contributed by atoms with van der Waals surface area (Å²) >= 11 is 0. The minimum Gasteiger partial charge on any atom is -0.476 e. The summed E-state index contributed by atoms with van der Waals surface area (Å²) in [4.78, 5) is 15.3. The van der Waals surface area contributed by atoms with Crippen molar-refractivity contribution in [1.29, 1.82) is 0 Å². The normalized spacial score (nSPS) is 16.6. The molecule has 138 valence electrons. The van der Waals surface area contributed by atoms with Gasteiger partial charge in [0.05, 0.1) is 5.69 Å². The molecule has 0 aliphatic carbocycles. The van der Waals surface area contributed by atoms with Gasteiger partial charge in [-0.05, 0) is 30.0 Å². The molecule has 6 heteroatoms. The number of carboxylic acid groups (broad SMARTS) is 1. The van der Waals surface area contributed by atoms with Crippen LogP contribution in [-0.2, 0) is 6.42 Å². The van der Waals surface area contributed by atoms with Gasteiger partial charge in [-0.3, -0.25) is 0 Å². The molecule has 1 atom stereocenters. The first-order valence-electron chi connectivity index (χ1n) is 9.26. The number of para-hydroxylation sites is 1. The molecule has 3 aromatic rings. The van der Waals surface area contributed by atoms with E-state index in [1.807, 2.05) is 47.4 Å². The lowest BCUT2D eigenvalue weighted by Gasteiger charge is -2.16. The van der Waals surface area contributed by atoms with Crippen LogP contribution in [-0.4, -0.2) is 39.2 Å². The molecule has 0 bridgehead atoms. The highest BCUT2D eigenvalue weighted by atomic mass is 16.4. The van der Waals surface area contributed by atoms with Crippen LogP contribution in [0.3, 0.4) is 0 Å². The summed E-state index contributed by atoms with van der Waals surface area (Å²) in [5.41, 5.74) is 3.20. The molecular formula is C21H22N4O2. The second-order valence-corrected chi connectivity index (χ2v) is 6.79. The smallest absolute Gasteiger partial charge is 0.360 e. The molecule has 0 amide bonds. The first-order valence-corrected chi connectivity index (χ1v) is 9.26. The fourth-order valence-corrected chi connectivity index (χ4v) is 3.71. The molecule has 1 aliphatic rings. The summed E-state index contributed by atoms with van der Waals surface area (Å²) in [5.74, 6) is -0.221.